The summed E-state index contributed by atoms with van der Waals surface area (Å²) in [5, 5.41) is 4.49. The van der Waals surface area contributed by atoms with E-state index in [1.807, 2.05) is 16.8 Å². The molecule has 0 amide bonds. The van der Waals surface area contributed by atoms with Crippen LogP contribution in [0.5, 0.6) is 5.75 Å². The molecule has 0 atom stereocenters. The summed E-state index contributed by atoms with van der Waals surface area (Å²) in [4.78, 5) is 4.12. The van der Waals surface area contributed by atoms with Crippen molar-refractivity contribution in [3.05, 3.63) is 40.4 Å². The number of aromatic nitrogens is 3. The molecule has 0 spiro atoms. The Morgan fingerprint density at radius 2 is 2.17 bits per heavy atom. The van der Waals surface area contributed by atoms with Gasteiger partial charge in [0.1, 0.15) is 17.0 Å². The molecular weight excluding hydrogens is 294 g/mol. The lowest BCUT2D eigenvalue weighted by Crippen LogP contribution is -2.06. The Balaban J connectivity index is 2.05. The molecule has 4 nitrogen and oxygen atoms in total. The maximum atomic E-state index is 5.70. The van der Waals surface area contributed by atoms with Gasteiger partial charge in [0.25, 0.3) is 0 Å². The van der Waals surface area contributed by atoms with Gasteiger partial charge in [-0.15, -0.1) is 0 Å². The van der Waals surface area contributed by atoms with Gasteiger partial charge < -0.3 is 4.74 Å². The minimum Gasteiger partial charge on any atom is -0.486 e. The fourth-order valence-corrected chi connectivity index (χ4v) is 1.92. The molecule has 0 saturated carbocycles. The van der Waals surface area contributed by atoms with E-state index >= 15 is 0 Å². The first-order chi connectivity index (χ1) is 8.72. The maximum Gasteiger partial charge on any atom is 0.138 e. The smallest absolute Gasteiger partial charge is 0.138 e. The lowest BCUT2D eigenvalue weighted by Gasteiger charge is -2.07. The van der Waals surface area contributed by atoms with Gasteiger partial charge in [0.05, 0.1) is 17.6 Å². The Morgan fingerprint density at radius 3 is 2.78 bits per heavy atom. The molecule has 0 N–H and O–H groups in total. The van der Waals surface area contributed by atoms with E-state index in [0.717, 1.165) is 34.7 Å². The van der Waals surface area contributed by atoms with Gasteiger partial charge in [-0.05, 0) is 47.5 Å². The van der Waals surface area contributed by atoms with Crippen molar-refractivity contribution >= 4 is 15.9 Å². The molecule has 0 bridgehead atoms. The molecular formula is C13H16BrN3O. The monoisotopic (exact) mass is 309 g/mol. The number of ether oxygens (including phenoxy) is 1. The van der Waals surface area contributed by atoms with Crippen molar-refractivity contribution in [2.75, 3.05) is 0 Å². The third-order valence-corrected chi connectivity index (χ3v) is 3.13. The predicted octanol–water partition coefficient (Wildman–Crippen LogP) is 3.20. The molecule has 0 aliphatic heterocycles. The van der Waals surface area contributed by atoms with Crippen molar-refractivity contribution in [3.63, 3.8) is 0 Å². The zero-order chi connectivity index (χ0) is 13.0. The zero-order valence-electron chi connectivity index (χ0n) is 10.6. The van der Waals surface area contributed by atoms with E-state index < -0.39 is 0 Å². The first-order valence-electron chi connectivity index (χ1n) is 6.03. The second kappa shape index (κ2) is 6.00. The Kier molecular flexibility index (Phi) is 4.36. The Morgan fingerprint density at radius 1 is 1.33 bits per heavy atom. The van der Waals surface area contributed by atoms with Crippen molar-refractivity contribution in [2.24, 2.45) is 0 Å². The van der Waals surface area contributed by atoms with Gasteiger partial charge in [0, 0.05) is 6.54 Å². The molecule has 2 aromatic rings. The van der Waals surface area contributed by atoms with E-state index in [2.05, 4.69) is 45.9 Å². The van der Waals surface area contributed by atoms with E-state index in [9.17, 15) is 0 Å². The number of pyridine rings is 1. The summed E-state index contributed by atoms with van der Waals surface area (Å²) >= 11 is 3.30. The van der Waals surface area contributed by atoms with Crippen LogP contribution in [0.1, 0.15) is 25.2 Å². The molecule has 2 rings (SSSR count). The van der Waals surface area contributed by atoms with Crippen molar-refractivity contribution in [1.29, 1.82) is 0 Å². The number of rotatable bonds is 5. The molecule has 0 saturated heterocycles. The molecule has 96 valence electrons. The molecule has 0 aromatic carbocycles. The van der Waals surface area contributed by atoms with Crippen LogP contribution in [-0.4, -0.2) is 14.8 Å². The second-order valence-electron chi connectivity index (χ2n) is 3.90. The number of nitrogens with zero attached hydrogens (tertiary/aromatic N) is 3. The Labute approximate surface area is 115 Å². The average molecular weight is 310 g/mol. The molecule has 0 aliphatic rings. The highest BCUT2D eigenvalue weighted by Crippen LogP contribution is 2.15. The summed E-state index contributed by atoms with van der Waals surface area (Å²) < 4.78 is 8.49. The van der Waals surface area contributed by atoms with Crippen molar-refractivity contribution in [2.45, 2.75) is 33.4 Å². The maximum absolute atomic E-state index is 5.70. The molecule has 0 fully saturated rings. The largest absolute Gasteiger partial charge is 0.486 e. The summed E-state index contributed by atoms with van der Waals surface area (Å²) in [5.74, 6) is 0.764. The van der Waals surface area contributed by atoms with Crippen LogP contribution >= 0.6 is 15.9 Å². The number of halogens is 1. The standard InChI is InChI=1S/C13H16BrN3O/c1-3-10-7-11(17(4-2)16-10)9-18-12-5-6-13(14)15-8-12/h5-8H,3-4,9H2,1-2H3. The first kappa shape index (κ1) is 13.1. The van der Waals surface area contributed by atoms with E-state index in [1.54, 1.807) is 6.20 Å². The molecule has 18 heavy (non-hydrogen) atoms. The van der Waals surface area contributed by atoms with Crippen molar-refractivity contribution < 1.29 is 4.74 Å². The normalized spacial score (nSPS) is 10.6. The van der Waals surface area contributed by atoms with Crippen LogP contribution in [0, 0.1) is 0 Å². The van der Waals surface area contributed by atoms with E-state index in [-0.39, 0.29) is 0 Å². The topological polar surface area (TPSA) is 39.9 Å². The van der Waals surface area contributed by atoms with Gasteiger partial charge >= 0.3 is 0 Å². The van der Waals surface area contributed by atoms with Gasteiger partial charge in [-0.2, -0.15) is 5.10 Å². The highest BCUT2D eigenvalue weighted by atomic mass is 79.9. The van der Waals surface area contributed by atoms with Crippen LogP contribution in [-0.2, 0) is 19.6 Å². The number of aryl methyl sites for hydroxylation is 2. The van der Waals surface area contributed by atoms with Gasteiger partial charge in [-0.25, -0.2) is 4.98 Å². The summed E-state index contributed by atoms with van der Waals surface area (Å²) in [6.45, 7) is 5.56. The van der Waals surface area contributed by atoms with Crippen LogP contribution in [0.25, 0.3) is 0 Å². The van der Waals surface area contributed by atoms with Crippen LogP contribution in [0.4, 0.5) is 0 Å². The average Bonchev–Trinajstić information content (AvgIpc) is 2.80. The highest BCUT2D eigenvalue weighted by molar-refractivity contribution is 9.10. The number of hydrogen-bond donors (Lipinski definition) is 0. The predicted molar refractivity (Wildman–Crippen MR) is 73.5 cm³/mol. The SMILES string of the molecule is CCc1cc(COc2ccc(Br)nc2)n(CC)n1. The van der Waals surface area contributed by atoms with Crippen LogP contribution < -0.4 is 4.74 Å². The Bertz CT molecular complexity index is 507. The molecule has 2 aromatic heterocycles. The summed E-state index contributed by atoms with van der Waals surface area (Å²) in [6.07, 6.45) is 2.65. The number of hydrogen-bond acceptors (Lipinski definition) is 3. The van der Waals surface area contributed by atoms with Gasteiger partial charge in [0.15, 0.2) is 0 Å². The van der Waals surface area contributed by atoms with Crippen LogP contribution in [0.2, 0.25) is 0 Å². The molecule has 0 radical (unpaired) electrons. The molecule has 2 heterocycles. The quantitative estimate of drug-likeness (QED) is 0.796. The third-order valence-electron chi connectivity index (χ3n) is 2.66. The van der Waals surface area contributed by atoms with Gasteiger partial charge in [-0.3, -0.25) is 4.68 Å². The van der Waals surface area contributed by atoms with Gasteiger partial charge in [0.2, 0.25) is 0 Å². The zero-order valence-corrected chi connectivity index (χ0v) is 12.1. The van der Waals surface area contributed by atoms with Crippen molar-refractivity contribution in [3.8, 4) is 5.75 Å². The lowest BCUT2D eigenvalue weighted by molar-refractivity contribution is 0.291. The summed E-state index contributed by atoms with van der Waals surface area (Å²) in [5.41, 5.74) is 2.20. The Hall–Kier alpha value is -1.36. The fraction of sp³-hybridized carbons (Fsp3) is 0.385. The van der Waals surface area contributed by atoms with Crippen LogP contribution in [0.3, 0.4) is 0 Å². The van der Waals surface area contributed by atoms with E-state index in [0.29, 0.717) is 6.61 Å². The van der Waals surface area contributed by atoms with Gasteiger partial charge in [-0.1, -0.05) is 6.92 Å². The lowest BCUT2D eigenvalue weighted by atomic mass is 10.3. The highest BCUT2D eigenvalue weighted by Gasteiger charge is 2.06. The minimum atomic E-state index is 0.518. The third kappa shape index (κ3) is 3.10. The van der Waals surface area contributed by atoms with E-state index in [1.165, 1.54) is 0 Å². The molecule has 0 aliphatic carbocycles. The second-order valence-corrected chi connectivity index (χ2v) is 4.71. The molecule has 0 unspecified atom stereocenters. The van der Waals surface area contributed by atoms with Crippen LogP contribution in [0.15, 0.2) is 29.0 Å². The fourth-order valence-electron chi connectivity index (χ4n) is 1.68. The van der Waals surface area contributed by atoms with Crippen molar-refractivity contribution in [1.82, 2.24) is 14.8 Å². The van der Waals surface area contributed by atoms with E-state index in [4.69, 9.17) is 4.74 Å². The minimum absolute atomic E-state index is 0.518. The molecule has 5 heteroatoms. The summed E-state index contributed by atoms with van der Waals surface area (Å²) in [7, 11) is 0. The first-order valence-corrected chi connectivity index (χ1v) is 6.82. The summed E-state index contributed by atoms with van der Waals surface area (Å²) in [6, 6.07) is 5.85.